The Morgan fingerprint density at radius 1 is 0.960 bits per heavy atom. The Bertz CT molecular complexity index is 736. The summed E-state index contributed by atoms with van der Waals surface area (Å²) < 4.78 is 0. The summed E-state index contributed by atoms with van der Waals surface area (Å²) in [5, 5.41) is 3.71. The Hall–Kier alpha value is -2.04. The Balaban J connectivity index is 2.03. The number of benzene rings is 2. The number of hydrogen-bond donors (Lipinski definition) is 1. The molecule has 0 radical (unpaired) electrons. The van der Waals surface area contributed by atoms with Crippen LogP contribution in [0, 0.1) is 0 Å². The van der Waals surface area contributed by atoms with Crippen LogP contribution in [-0.2, 0) is 11.2 Å². The number of nitrogens with zero attached hydrogens (tertiary/aromatic N) is 1. The molecule has 2 rings (SSSR count). The first-order chi connectivity index (χ1) is 12.0. The fourth-order valence-corrected chi connectivity index (χ4v) is 2.99. The molecule has 0 bridgehead atoms. The SMILES string of the molecule is CCN(CC)C(=O)c1ccc(NC(=O)Cc2c(Cl)cccc2Cl)cc1. The van der Waals surface area contributed by atoms with Crippen molar-refractivity contribution in [2.75, 3.05) is 18.4 Å². The lowest BCUT2D eigenvalue weighted by atomic mass is 10.1. The van der Waals surface area contributed by atoms with Crippen LogP contribution >= 0.6 is 23.2 Å². The predicted molar refractivity (Wildman–Crippen MR) is 102 cm³/mol. The smallest absolute Gasteiger partial charge is 0.253 e. The second kappa shape index (κ2) is 8.88. The van der Waals surface area contributed by atoms with Crippen molar-refractivity contribution in [2.45, 2.75) is 20.3 Å². The lowest BCUT2D eigenvalue weighted by Crippen LogP contribution is -2.30. The van der Waals surface area contributed by atoms with Gasteiger partial charge in [0.25, 0.3) is 5.91 Å². The van der Waals surface area contributed by atoms with Crippen LogP contribution in [-0.4, -0.2) is 29.8 Å². The summed E-state index contributed by atoms with van der Waals surface area (Å²) in [7, 11) is 0. The Morgan fingerprint density at radius 3 is 2.04 bits per heavy atom. The number of rotatable bonds is 6. The molecular weight excluding hydrogens is 359 g/mol. The van der Waals surface area contributed by atoms with E-state index in [0.717, 1.165) is 0 Å². The summed E-state index contributed by atoms with van der Waals surface area (Å²) in [5.74, 6) is -0.247. The van der Waals surface area contributed by atoms with Gasteiger partial charge in [-0.3, -0.25) is 9.59 Å². The average Bonchev–Trinajstić information content (AvgIpc) is 2.60. The van der Waals surface area contributed by atoms with E-state index in [9.17, 15) is 9.59 Å². The summed E-state index contributed by atoms with van der Waals surface area (Å²) >= 11 is 12.2. The van der Waals surface area contributed by atoms with Gasteiger partial charge in [0, 0.05) is 34.4 Å². The Labute approximate surface area is 157 Å². The zero-order valence-corrected chi connectivity index (χ0v) is 15.7. The molecule has 0 saturated carbocycles. The van der Waals surface area contributed by atoms with Crippen molar-refractivity contribution in [1.82, 2.24) is 4.90 Å². The van der Waals surface area contributed by atoms with E-state index in [1.807, 2.05) is 13.8 Å². The van der Waals surface area contributed by atoms with Gasteiger partial charge in [0.05, 0.1) is 6.42 Å². The fraction of sp³-hybridized carbons (Fsp3) is 0.263. The number of anilines is 1. The fourth-order valence-electron chi connectivity index (χ4n) is 2.46. The van der Waals surface area contributed by atoms with E-state index in [1.165, 1.54) is 0 Å². The highest BCUT2D eigenvalue weighted by atomic mass is 35.5. The van der Waals surface area contributed by atoms with Crippen LogP contribution < -0.4 is 5.32 Å². The summed E-state index contributed by atoms with van der Waals surface area (Å²) in [6.45, 7) is 5.20. The first-order valence-corrected chi connectivity index (χ1v) is 8.83. The molecule has 0 aliphatic rings. The van der Waals surface area contributed by atoms with Crippen LogP contribution in [0.5, 0.6) is 0 Å². The molecule has 0 aliphatic heterocycles. The highest BCUT2D eigenvalue weighted by molar-refractivity contribution is 6.36. The van der Waals surface area contributed by atoms with Crippen LogP contribution in [0.2, 0.25) is 10.0 Å². The molecule has 0 unspecified atom stereocenters. The van der Waals surface area contributed by atoms with Gasteiger partial charge < -0.3 is 10.2 Å². The number of hydrogen-bond acceptors (Lipinski definition) is 2. The zero-order valence-electron chi connectivity index (χ0n) is 14.2. The summed E-state index contributed by atoms with van der Waals surface area (Å²) in [6, 6.07) is 12.0. The van der Waals surface area contributed by atoms with E-state index in [1.54, 1.807) is 47.4 Å². The van der Waals surface area contributed by atoms with Crippen LogP contribution in [0.25, 0.3) is 0 Å². The molecular formula is C19H20Cl2N2O2. The lowest BCUT2D eigenvalue weighted by Gasteiger charge is -2.18. The van der Waals surface area contributed by atoms with Crippen LogP contribution in [0.15, 0.2) is 42.5 Å². The van der Waals surface area contributed by atoms with Gasteiger partial charge in [-0.15, -0.1) is 0 Å². The molecule has 0 aliphatic carbocycles. The molecule has 2 aromatic carbocycles. The van der Waals surface area contributed by atoms with Gasteiger partial charge in [0.15, 0.2) is 0 Å². The van der Waals surface area contributed by atoms with E-state index in [0.29, 0.717) is 39.9 Å². The predicted octanol–water partition coefficient (Wildman–Crippen LogP) is 4.66. The largest absolute Gasteiger partial charge is 0.339 e. The van der Waals surface area contributed by atoms with Crippen molar-refractivity contribution in [3.05, 3.63) is 63.6 Å². The first kappa shape index (κ1) is 19.3. The van der Waals surface area contributed by atoms with Crippen molar-refractivity contribution in [3.8, 4) is 0 Å². The minimum Gasteiger partial charge on any atom is -0.339 e. The minimum atomic E-state index is -0.224. The molecule has 0 atom stereocenters. The standard InChI is InChI=1S/C19H20Cl2N2O2/c1-3-23(4-2)19(25)13-8-10-14(11-9-13)22-18(24)12-15-16(20)6-5-7-17(15)21/h5-11H,3-4,12H2,1-2H3,(H,22,24). The summed E-state index contributed by atoms with van der Waals surface area (Å²) in [5.41, 5.74) is 1.80. The molecule has 0 spiro atoms. The van der Waals surface area contributed by atoms with Crippen LogP contribution in [0.3, 0.4) is 0 Å². The number of amides is 2. The maximum absolute atomic E-state index is 12.3. The van der Waals surface area contributed by atoms with E-state index in [4.69, 9.17) is 23.2 Å². The van der Waals surface area contributed by atoms with Crippen molar-refractivity contribution in [2.24, 2.45) is 0 Å². The van der Waals surface area contributed by atoms with Crippen molar-refractivity contribution < 1.29 is 9.59 Å². The first-order valence-electron chi connectivity index (χ1n) is 8.08. The van der Waals surface area contributed by atoms with Gasteiger partial charge in [0.1, 0.15) is 0 Å². The van der Waals surface area contributed by atoms with Gasteiger partial charge in [-0.1, -0.05) is 29.3 Å². The quantitative estimate of drug-likeness (QED) is 0.794. The van der Waals surface area contributed by atoms with Gasteiger partial charge in [0.2, 0.25) is 5.91 Å². The van der Waals surface area contributed by atoms with E-state index >= 15 is 0 Å². The second-order valence-electron chi connectivity index (χ2n) is 5.48. The van der Waals surface area contributed by atoms with Crippen molar-refractivity contribution in [1.29, 1.82) is 0 Å². The molecule has 0 fully saturated rings. The lowest BCUT2D eigenvalue weighted by molar-refractivity contribution is -0.115. The maximum Gasteiger partial charge on any atom is 0.253 e. The molecule has 0 aromatic heterocycles. The second-order valence-corrected chi connectivity index (χ2v) is 6.29. The molecule has 2 amide bonds. The maximum atomic E-state index is 12.3. The molecule has 2 aromatic rings. The third kappa shape index (κ3) is 4.97. The Kier molecular flexibility index (Phi) is 6.85. The van der Waals surface area contributed by atoms with Gasteiger partial charge in [-0.05, 0) is 55.8 Å². The third-order valence-corrected chi connectivity index (χ3v) is 4.57. The Morgan fingerprint density at radius 2 is 1.52 bits per heavy atom. The van der Waals surface area contributed by atoms with Crippen LogP contribution in [0.1, 0.15) is 29.8 Å². The van der Waals surface area contributed by atoms with Gasteiger partial charge in [-0.25, -0.2) is 0 Å². The molecule has 25 heavy (non-hydrogen) atoms. The van der Waals surface area contributed by atoms with E-state index in [-0.39, 0.29) is 18.2 Å². The summed E-state index contributed by atoms with van der Waals surface area (Å²) in [6.07, 6.45) is 0.0820. The van der Waals surface area contributed by atoms with Gasteiger partial charge >= 0.3 is 0 Å². The molecule has 132 valence electrons. The highest BCUT2D eigenvalue weighted by Crippen LogP contribution is 2.25. The average molecular weight is 379 g/mol. The van der Waals surface area contributed by atoms with Crippen molar-refractivity contribution in [3.63, 3.8) is 0 Å². The number of nitrogens with one attached hydrogen (secondary N) is 1. The molecule has 0 heterocycles. The minimum absolute atomic E-state index is 0.0225. The molecule has 4 nitrogen and oxygen atoms in total. The number of halogens is 2. The topological polar surface area (TPSA) is 49.4 Å². The molecule has 6 heteroatoms. The monoisotopic (exact) mass is 378 g/mol. The van der Waals surface area contributed by atoms with Crippen LogP contribution in [0.4, 0.5) is 5.69 Å². The van der Waals surface area contributed by atoms with Gasteiger partial charge in [-0.2, -0.15) is 0 Å². The zero-order chi connectivity index (χ0) is 18.4. The summed E-state index contributed by atoms with van der Waals surface area (Å²) in [4.78, 5) is 26.2. The molecule has 0 saturated heterocycles. The number of carbonyl (C=O) groups excluding carboxylic acids is 2. The van der Waals surface area contributed by atoms with E-state index < -0.39 is 0 Å². The normalized spacial score (nSPS) is 10.4. The van der Waals surface area contributed by atoms with Crippen molar-refractivity contribution >= 4 is 40.7 Å². The van der Waals surface area contributed by atoms with E-state index in [2.05, 4.69) is 5.32 Å². The number of carbonyl (C=O) groups is 2. The highest BCUT2D eigenvalue weighted by Gasteiger charge is 2.13. The third-order valence-electron chi connectivity index (χ3n) is 3.87. The molecule has 1 N–H and O–H groups in total.